The quantitative estimate of drug-likeness (QED) is 0.478. The third-order valence-electron chi connectivity index (χ3n) is 2.84. The van der Waals surface area contributed by atoms with Crippen molar-refractivity contribution in [3.8, 4) is 0 Å². The number of para-hydroxylation sites is 1. The van der Waals surface area contributed by atoms with Gasteiger partial charge in [0.1, 0.15) is 11.2 Å². The van der Waals surface area contributed by atoms with Crippen LogP contribution in [0.5, 0.6) is 0 Å². The summed E-state index contributed by atoms with van der Waals surface area (Å²) in [6.07, 6.45) is 0.0855. The maximum absolute atomic E-state index is 12.3. The predicted molar refractivity (Wildman–Crippen MR) is 107 cm³/mol. The van der Waals surface area contributed by atoms with E-state index in [9.17, 15) is 9.59 Å². The highest BCUT2D eigenvalue weighted by Crippen LogP contribution is 2.15. The lowest BCUT2D eigenvalue weighted by Gasteiger charge is -2.27. The van der Waals surface area contributed by atoms with Gasteiger partial charge in [-0.3, -0.25) is 5.32 Å². The van der Waals surface area contributed by atoms with Gasteiger partial charge >= 0.3 is 12.2 Å². The molecule has 1 N–H and O–H groups in total. The van der Waals surface area contributed by atoms with Crippen molar-refractivity contribution in [3.05, 3.63) is 43.0 Å². The van der Waals surface area contributed by atoms with Crippen molar-refractivity contribution >= 4 is 23.8 Å². The number of rotatable bonds is 3. The summed E-state index contributed by atoms with van der Waals surface area (Å²) < 4.78 is 10.5. The fraction of sp³-hybridized carbons (Fsp3) is 0.450. The molecule has 7 nitrogen and oxygen atoms in total. The van der Waals surface area contributed by atoms with Gasteiger partial charge < -0.3 is 14.4 Å². The summed E-state index contributed by atoms with van der Waals surface area (Å²) in [6.45, 7) is 14.5. The van der Waals surface area contributed by atoms with Gasteiger partial charge in [-0.25, -0.2) is 9.59 Å². The van der Waals surface area contributed by atoms with Crippen LogP contribution < -0.4 is 10.2 Å². The minimum absolute atomic E-state index is 0.00963. The van der Waals surface area contributed by atoms with Gasteiger partial charge in [0.05, 0.1) is 0 Å². The Bertz CT molecular complexity index is 685. The topological polar surface area (TPSA) is 80.2 Å². The Balaban J connectivity index is 3.23. The highest BCUT2D eigenvalue weighted by molar-refractivity contribution is 6.07. The van der Waals surface area contributed by atoms with Crippen LogP contribution >= 0.6 is 0 Å². The van der Waals surface area contributed by atoms with E-state index in [1.807, 2.05) is 30.3 Å². The Labute approximate surface area is 161 Å². The number of aliphatic imine (C=N–C) groups is 1. The molecule has 0 radical (unpaired) electrons. The van der Waals surface area contributed by atoms with Gasteiger partial charge in [0.2, 0.25) is 5.96 Å². The van der Waals surface area contributed by atoms with Crippen LogP contribution in [0.1, 0.15) is 41.5 Å². The Kier molecular flexibility index (Phi) is 7.57. The minimum Gasteiger partial charge on any atom is -0.444 e. The monoisotopic (exact) mass is 375 g/mol. The molecule has 7 heteroatoms. The molecule has 0 saturated heterocycles. The number of guanidine groups is 1. The second-order valence-corrected chi connectivity index (χ2v) is 7.78. The molecule has 0 fully saturated rings. The lowest BCUT2D eigenvalue weighted by Crippen LogP contribution is -2.47. The van der Waals surface area contributed by atoms with Crippen LogP contribution in [0, 0.1) is 0 Å². The molecule has 0 bridgehead atoms. The first-order valence-electron chi connectivity index (χ1n) is 8.66. The molecule has 0 heterocycles. The SMILES string of the molecule is C=CCN(/C(=N\C(=O)OC(C)(C)C)NC(=O)OC(C)(C)C)c1ccccc1. The molecule has 148 valence electrons. The molecule has 0 aliphatic carbocycles. The van der Waals surface area contributed by atoms with Crippen LogP contribution in [0.4, 0.5) is 15.3 Å². The molecule has 0 saturated carbocycles. The number of carbonyl (C=O) groups is 2. The summed E-state index contributed by atoms with van der Waals surface area (Å²) in [5, 5.41) is 2.54. The van der Waals surface area contributed by atoms with E-state index in [1.54, 1.807) is 52.5 Å². The van der Waals surface area contributed by atoms with Crippen LogP contribution in [-0.2, 0) is 9.47 Å². The zero-order valence-corrected chi connectivity index (χ0v) is 16.9. The first-order valence-corrected chi connectivity index (χ1v) is 8.66. The minimum atomic E-state index is -0.821. The largest absolute Gasteiger partial charge is 0.444 e. The second kappa shape index (κ2) is 9.21. The summed E-state index contributed by atoms with van der Waals surface area (Å²) in [6, 6.07) is 9.19. The fourth-order valence-electron chi connectivity index (χ4n) is 1.97. The zero-order chi connectivity index (χ0) is 20.7. The molecule has 0 aliphatic rings. The van der Waals surface area contributed by atoms with E-state index in [4.69, 9.17) is 9.47 Å². The molecule has 1 rings (SSSR count). The van der Waals surface area contributed by atoms with Gasteiger partial charge in [-0.15, -0.1) is 11.6 Å². The molecule has 0 aliphatic heterocycles. The molecule has 1 aromatic carbocycles. The van der Waals surface area contributed by atoms with Crippen LogP contribution in [0.15, 0.2) is 48.0 Å². The second-order valence-electron chi connectivity index (χ2n) is 7.78. The van der Waals surface area contributed by atoms with E-state index in [2.05, 4.69) is 16.9 Å². The third kappa shape index (κ3) is 8.89. The van der Waals surface area contributed by atoms with Gasteiger partial charge in [-0.1, -0.05) is 24.3 Å². The average Bonchev–Trinajstić information content (AvgIpc) is 2.49. The molecular weight excluding hydrogens is 346 g/mol. The predicted octanol–water partition coefficient (Wildman–Crippen LogP) is 4.49. The summed E-state index contributed by atoms with van der Waals surface area (Å²) >= 11 is 0. The van der Waals surface area contributed by atoms with Crippen molar-refractivity contribution < 1.29 is 19.1 Å². The van der Waals surface area contributed by atoms with Crippen molar-refractivity contribution in [2.24, 2.45) is 4.99 Å². The number of anilines is 1. The van der Waals surface area contributed by atoms with Gasteiger partial charge in [-0.2, -0.15) is 0 Å². The summed E-state index contributed by atoms with van der Waals surface area (Å²) in [5.41, 5.74) is -0.694. The van der Waals surface area contributed by atoms with Gasteiger partial charge in [0, 0.05) is 12.2 Å². The van der Waals surface area contributed by atoms with E-state index in [0.29, 0.717) is 6.54 Å². The molecule has 2 amide bonds. The van der Waals surface area contributed by atoms with E-state index in [1.165, 1.54) is 0 Å². The standard InChI is InChI=1S/C20H29N3O4/c1-8-14-23(15-12-10-9-11-13-15)16(21-17(24)26-19(2,3)4)22-18(25)27-20(5,6)7/h8-13H,1,14H2,2-7H3,(H,21,22,24,25). The molecule has 1 aromatic rings. The number of nitrogens with one attached hydrogen (secondary N) is 1. The van der Waals surface area contributed by atoms with Gasteiger partial charge in [0.15, 0.2) is 0 Å². The highest BCUT2D eigenvalue weighted by atomic mass is 16.6. The van der Waals surface area contributed by atoms with E-state index >= 15 is 0 Å². The van der Waals surface area contributed by atoms with Crippen LogP contribution in [0.25, 0.3) is 0 Å². The summed E-state index contributed by atoms with van der Waals surface area (Å²) in [5.74, 6) is -0.00963. The number of hydrogen-bond donors (Lipinski definition) is 1. The summed E-state index contributed by atoms with van der Waals surface area (Å²) in [7, 11) is 0. The van der Waals surface area contributed by atoms with E-state index < -0.39 is 23.4 Å². The Morgan fingerprint density at radius 3 is 2.11 bits per heavy atom. The van der Waals surface area contributed by atoms with Gasteiger partial charge in [-0.05, 0) is 53.7 Å². The molecular formula is C20H29N3O4. The number of hydrogen-bond acceptors (Lipinski definition) is 4. The number of amides is 2. The molecule has 0 spiro atoms. The molecule has 27 heavy (non-hydrogen) atoms. The summed E-state index contributed by atoms with van der Waals surface area (Å²) in [4.78, 5) is 30.1. The average molecular weight is 375 g/mol. The first-order chi connectivity index (χ1) is 12.4. The van der Waals surface area contributed by atoms with E-state index in [-0.39, 0.29) is 5.96 Å². The zero-order valence-electron chi connectivity index (χ0n) is 16.9. The molecule has 0 unspecified atom stereocenters. The van der Waals surface area contributed by atoms with Crippen LogP contribution in [-0.4, -0.2) is 35.9 Å². The number of carbonyl (C=O) groups excluding carboxylic acids is 2. The lowest BCUT2D eigenvalue weighted by atomic mass is 10.2. The van der Waals surface area contributed by atoms with Crippen LogP contribution in [0.2, 0.25) is 0 Å². The Hall–Kier alpha value is -2.83. The highest BCUT2D eigenvalue weighted by Gasteiger charge is 2.23. The van der Waals surface area contributed by atoms with Crippen molar-refractivity contribution in [2.45, 2.75) is 52.7 Å². The fourth-order valence-corrected chi connectivity index (χ4v) is 1.97. The Morgan fingerprint density at radius 2 is 1.63 bits per heavy atom. The maximum atomic E-state index is 12.3. The van der Waals surface area contributed by atoms with Crippen molar-refractivity contribution in [1.82, 2.24) is 5.32 Å². The van der Waals surface area contributed by atoms with Crippen molar-refractivity contribution in [3.63, 3.8) is 0 Å². The number of alkyl carbamates (subject to hydrolysis) is 1. The van der Waals surface area contributed by atoms with Crippen molar-refractivity contribution in [1.29, 1.82) is 0 Å². The first kappa shape index (κ1) is 22.2. The number of ether oxygens (including phenoxy) is 2. The maximum Gasteiger partial charge on any atom is 0.437 e. The molecule has 0 aromatic heterocycles. The van der Waals surface area contributed by atoms with E-state index in [0.717, 1.165) is 5.69 Å². The lowest BCUT2D eigenvalue weighted by molar-refractivity contribution is 0.0561. The number of nitrogens with zero attached hydrogens (tertiary/aromatic N) is 2. The smallest absolute Gasteiger partial charge is 0.437 e. The third-order valence-corrected chi connectivity index (χ3v) is 2.84. The van der Waals surface area contributed by atoms with Crippen LogP contribution in [0.3, 0.4) is 0 Å². The number of benzene rings is 1. The van der Waals surface area contributed by atoms with Crippen molar-refractivity contribution in [2.75, 3.05) is 11.4 Å². The molecule has 0 atom stereocenters. The van der Waals surface area contributed by atoms with Gasteiger partial charge in [0.25, 0.3) is 0 Å². The Morgan fingerprint density at radius 1 is 1.07 bits per heavy atom. The normalized spacial score (nSPS) is 12.1.